The molecule has 21 heavy (non-hydrogen) atoms. The lowest BCUT2D eigenvalue weighted by Gasteiger charge is -2.10. The Kier molecular flexibility index (Phi) is 5.34. The lowest BCUT2D eigenvalue weighted by atomic mass is 10.2. The second kappa shape index (κ2) is 7.03. The summed E-state index contributed by atoms with van der Waals surface area (Å²) in [5.41, 5.74) is 1.55. The minimum atomic E-state index is -0.314. The highest BCUT2D eigenvalue weighted by Crippen LogP contribution is 2.26. The van der Waals surface area contributed by atoms with E-state index in [2.05, 4.69) is 5.32 Å². The standard InChI is InChI=1S/C15H12Cl3NO2/c1-9-2-4-12(17)14(6-9)21-8-15(20)19-10-3-5-11(16)13(18)7-10/h2-7H,8H2,1H3,(H,19,20). The summed E-state index contributed by atoms with van der Waals surface area (Å²) in [5, 5.41) is 3.93. The van der Waals surface area contributed by atoms with Crippen molar-refractivity contribution in [3.8, 4) is 5.75 Å². The number of aryl methyl sites for hydroxylation is 1. The number of rotatable bonds is 4. The van der Waals surface area contributed by atoms with E-state index in [0.29, 0.717) is 26.5 Å². The van der Waals surface area contributed by atoms with Gasteiger partial charge in [-0.2, -0.15) is 0 Å². The fourth-order valence-corrected chi connectivity index (χ4v) is 2.11. The lowest BCUT2D eigenvalue weighted by Crippen LogP contribution is -2.20. The molecule has 2 aromatic rings. The van der Waals surface area contributed by atoms with Gasteiger partial charge in [0.2, 0.25) is 0 Å². The molecule has 2 rings (SSSR count). The van der Waals surface area contributed by atoms with Crippen molar-refractivity contribution in [2.24, 2.45) is 0 Å². The molecule has 0 bridgehead atoms. The zero-order valence-corrected chi connectivity index (χ0v) is 13.4. The quantitative estimate of drug-likeness (QED) is 0.850. The first-order valence-electron chi connectivity index (χ1n) is 6.09. The Labute approximate surface area is 137 Å². The van der Waals surface area contributed by atoms with Gasteiger partial charge in [-0.05, 0) is 42.8 Å². The van der Waals surface area contributed by atoms with E-state index in [9.17, 15) is 4.79 Å². The number of benzene rings is 2. The molecule has 0 radical (unpaired) electrons. The van der Waals surface area contributed by atoms with Crippen LogP contribution in [0.5, 0.6) is 5.75 Å². The van der Waals surface area contributed by atoms with Crippen LogP contribution >= 0.6 is 34.8 Å². The molecule has 0 fully saturated rings. The van der Waals surface area contributed by atoms with Crippen LogP contribution in [-0.4, -0.2) is 12.5 Å². The van der Waals surface area contributed by atoms with Crippen LogP contribution in [0.25, 0.3) is 0 Å². The van der Waals surface area contributed by atoms with E-state index in [0.717, 1.165) is 5.56 Å². The Morgan fingerprint density at radius 2 is 1.76 bits per heavy atom. The molecule has 0 aromatic heterocycles. The summed E-state index contributed by atoms with van der Waals surface area (Å²) in [4.78, 5) is 11.8. The molecule has 0 spiro atoms. The van der Waals surface area contributed by atoms with E-state index >= 15 is 0 Å². The SMILES string of the molecule is Cc1ccc(Cl)c(OCC(=O)Nc2ccc(Cl)c(Cl)c2)c1. The van der Waals surface area contributed by atoms with Gasteiger partial charge in [0, 0.05) is 5.69 Å². The fraction of sp³-hybridized carbons (Fsp3) is 0.133. The summed E-state index contributed by atoms with van der Waals surface area (Å²) in [5.74, 6) is 0.159. The first-order valence-corrected chi connectivity index (χ1v) is 7.23. The third-order valence-corrected chi connectivity index (χ3v) is 3.70. The number of anilines is 1. The van der Waals surface area contributed by atoms with Crippen LogP contribution in [-0.2, 0) is 4.79 Å². The Bertz CT molecular complexity index is 674. The third-order valence-electron chi connectivity index (χ3n) is 2.65. The molecule has 6 heteroatoms. The topological polar surface area (TPSA) is 38.3 Å². The highest BCUT2D eigenvalue weighted by Gasteiger charge is 2.08. The normalized spacial score (nSPS) is 10.3. The summed E-state index contributed by atoms with van der Waals surface area (Å²) in [6.07, 6.45) is 0. The largest absolute Gasteiger partial charge is 0.482 e. The minimum Gasteiger partial charge on any atom is -0.482 e. The maximum atomic E-state index is 11.8. The summed E-state index contributed by atoms with van der Waals surface area (Å²) >= 11 is 17.7. The van der Waals surface area contributed by atoms with E-state index in [1.165, 1.54) is 0 Å². The van der Waals surface area contributed by atoms with Crippen LogP contribution in [0.3, 0.4) is 0 Å². The second-order valence-electron chi connectivity index (χ2n) is 4.40. The van der Waals surface area contributed by atoms with Crippen LogP contribution in [0.15, 0.2) is 36.4 Å². The average Bonchev–Trinajstić information content (AvgIpc) is 2.44. The molecule has 3 nitrogen and oxygen atoms in total. The Balaban J connectivity index is 1.95. The van der Waals surface area contributed by atoms with Crippen molar-refractivity contribution in [1.29, 1.82) is 0 Å². The van der Waals surface area contributed by atoms with E-state index < -0.39 is 0 Å². The number of ether oxygens (including phenoxy) is 1. The van der Waals surface area contributed by atoms with Gasteiger partial charge in [-0.1, -0.05) is 40.9 Å². The smallest absolute Gasteiger partial charge is 0.262 e. The average molecular weight is 345 g/mol. The van der Waals surface area contributed by atoms with Crippen molar-refractivity contribution in [3.63, 3.8) is 0 Å². The predicted molar refractivity (Wildman–Crippen MR) is 86.8 cm³/mol. The van der Waals surface area contributed by atoms with Crippen molar-refractivity contribution in [1.82, 2.24) is 0 Å². The van der Waals surface area contributed by atoms with Crippen molar-refractivity contribution >= 4 is 46.4 Å². The molecule has 1 amide bonds. The molecule has 0 atom stereocenters. The van der Waals surface area contributed by atoms with Gasteiger partial charge in [0.15, 0.2) is 6.61 Å². The number of amides is 1. The number of halogens is 3. The van der Waals surface area contributed by atoms with E-state index in [-0.39, 0.29) is 12.5 Å². The zero-order valence-electron chi connectivity index (χ0n) is 11.1. The van der Waals surface area contributed by atoms with Crippen LogP contribution in [0, 0.1) is 6.92 Å². The van der Waals surface area contributed by atoms with Gasteiger partial charge < -0.3 is 10.1 Å². The van der Waals surface area contributed by atoms with E-state index in [1.54, 1.807) is 30.3 Å². The molecular formula is C15H12Cl3NO2. The summed E-state index contributed by atoms with van der Waals surface area (Å²) in [6, 6.07) is 10.2. The maximum absolute atomic E-state index is 11.8. The fourth-order valence-electron chi connectivity index (χ4n) is 1.64. The van der Waals surface area contributed by atoms with Crippen LogP contribution in [0.2, 0.25) is 15.1 Å². The second-order valence-corrected chi connectivity index (χ2v) is 5.62. The third kappa shape index (κ3) is 4.53. The Morgan fingerprint density at radius 1 is 1.05 bits per heavy atom. The van der Waals surface area contributed by atoms with Crippen LogP contribution in [0.4, 0.5) is 5.69 Å². The van der Waals surface area contributed by atoms with E-state index in [1.807, 2.05) is 13.0 Å². The summed E-state index contributed by atoms with van der Waals surface area (Å²) < 4.78 is 5.40. The monoisotopic (exact) mass is 343 g/mol. The number of carbonyl (C=O) groups is 1. The van der Waals surface area contributed by atoms with Gasteiger partial charge in [0.1, 0.15) is 5.75 Å². The molecule has 1 N–H and O–H groups in total. The number of hydrogen-bond acceptors (Lipinski definition) is 2. The molecular weight excluding hydrogens is 333 g/mol. The molecule has 0 aliphatic rings. The molecule has 0 heterocycles. The van der Waals surface area contributed by atoms with Gasteiger partial charge in [-0.15, -0.1) is 0 Å². The van der Waals surface area contributed by atoms with Crippen LogP contribution < -0.4 is 10.1 Å². The van der Waals surface area contributed by atoms with Crippen molar-refractivity contribution < 1.29 is 9.53 Å². The molecule has 0 unspecified atom stereocenters. The number of nitrogens with one attached hydrogen (secondary N) is 1. The molecule has 110 valence electrons. The zero-order chi connectivity index (χ0) is 15.4. The van der Waals surface area contributed by atoms with Gasteiger partial charge in [0.05, 0.1) is 15.1 Å². The minimum absolute atomic E-state index is 0.149. The molecule has 0 saturated heterocycles. The Morgan fingerprint density at radius 3 is 2.48 bits per heavy atom. The Hall–Kier alpha value is -1.42. The van der Waals surface area contributed by atoms with Crippen molar-refractivity contribution in [2.75, 3.05) is 11.9 Å². The van der Waals surface area contributed by atoms with Gasteiger partial charge in [-0.3, -0.25) is 4.79 Å². The van der Waals surface area contributed by atoms with Crippen molar-refractivity contribution in [2.45, 2.75) is 6.92 Å². The van der Waals surface area contributed by atoms with Gasteiger partial charge in [-0.25, -0.2) is 0 Å². The highest BCUT2D eigenvalue weighted by atomic mass is 35.5. The maximum Gasteiger partial charge on any atom is 0.262 e. The van der Waals surface area contributed by atoms with Crippen molar-refractivity contribution in [3.05, 3.63) is 57.0 Å². The van der Waals surface area contributed by atoms with Crippen LogP contribution in [0.1, 0.15) is 5.56 Å². The molecule has 0 saturated carbocycles. The molecule has 0 aliphatic carbocycles. The highest BCUT2D eigenvalue weighted by molar-refractivity contribution is 6.42. The molecule has 0 aliphatic heterocycles. The predicted octanol–water partition coefficient (Wildman–Crippen LogP) is 4.97. The van der Waals surface area contributed by atoms with Gasteiger partial charge in [0.25, 0.3) is 5.91 Å². The first-order chi connectivity index (χ1) is 9.95. The summed E-state index contributed by atoms with van der Waals surface area (Å²) in [6.45, 7) is 1.77. The summed E-state index contributed by atoms with van der Waals surface area (Å²) in [7, 11) is 0. The number of carbonyl (C=O) groups excluding carboxylic acids is 1. The van der Waals surface area contributed by atoms with Gasteiger partial charge >= 0.3 is 0 Å². The number of hydrogen-bond donors (Lipinski definition) is 1. The lowest BCUT2D eigenvalue weighted by molar-refractivity contribution is -0.118. The molecule has 2 aromatic carbocycles. The first kappa shape index (κ1) is 16.0. The van der Waals surface area contributed by atoms with E-state index in [4.69, 9.17) is 39.5 Å².